The topological polar surface area (TPSA) is 194 Å². The van der Waals surface area contributed by atoms with Gasteiger partial charge >= 0.3 is 35.5 Å². The molecule has 0 aliphatic carbocycles. The van der Waals surface area contributed by atoms with Crippen LogP contribution in [0.1, 0.15) is 31.6 Å². The number of aromatic nitrogens is 1. The first-order valence-corrected chi connectivity index (χ1v) is 12.7. The molecular formula is C23H28B4F4N2O10. The summed E-state index contributed by atoms with van der Waals surface area (Å²) in [6, 6.07) is 16.6. The Morgan fingerprint density at radius 1 is 0.814 bits per heavy atom. The SMILES string of the molecule is C(=C1CCC[n+]2c1oc1ccccc12)C1=C2Oc3ccccc3N2CCC1.OB(O)F.OB(O)F.OB(O)F.[O-]B(O)F. The van der Waals surface area contributed by atoms with Crippen molar-refractivity contribution in [2.24, 2.45) is 0 Å². The van der Waals surface area contributed by atoms with Gasteiger partial charge in [-0.3, -0.25) is 12.9 Å². The molecule has 3 aliphatic rings. The number of hydrogen-bond donors (Lipinski definition) is 7. The Kier molecular flexibility index (Phi) is 14.7. The molecule has 43 heavy (non-hydrogen) atoms. The normalized spacial score (nSPS) is 15.0. The van der Waals surface area contributed by atoms with E-state index < -0.39 is 29.6 Å². The third-order valence-electron chi connectivity index (χ3n) is 5.77. The lowest BCUT2D eigenvalue weighted by atomic mass is 9.99. The molecule has 1 aromatic heterocycles. The highest BCUT2D eigenvalue weighted by atomic mass is 19.1. The van der Waals surface area contributed by atoms with Gasteiger partial charge in [0, 0.05) is 24.6 Å². The lowest BCUT2D eigenvalue weighted by Gasteiger charge is -2.25. The van der Waals surface area contributed by atoms with E-state index in [1.807, 2.05) is 12.1 Å². The van der Waals surface area contributed by atoms with E-state index in [9.17, 15) is 17.3 Å². The van der Waals surface area contributed by atoms with Crippen molar-refractivity contribution >= 4 is 51.9 Å². The summed E-state index contributed by atoms with van der Waals surface area (Å²) < 4.78 is 55.1. The van der Waals surface area contributed by atoms with Crippen LogP contribution in [0.25, 0.3) is 16.7 Å². The van der Waals surface area contributed by atoms with Crippen molar-refractivity contribution < 1.29 is 71.2 Å². The Balaban J connectivity index is 0.000000338. The number of fused-ring (bicyclic) bond motifs is 6. The summed E-state index contributed by atoms with van der Waals surface area (Å²) in [7, 11) is -10.9. The Bertz CT molecular complexity index is 1330. The van der Waals surface area contributed by atoms with Crippen molar-refractivity contribution in [3.8, 4) is 5.75 Å². The van der Waals surface area contributed by atoms with E-state index >= 15 is 0 Å². The Hall–Kier alpha value is -3.35. The fourth-order valence-electron chi connectivity index (χ4n) is 4.54. The predicted molar refractivity (Wildman–Crippen MR) is 147 cm³/mol. The van der Waals surface area contributed by atoms with Gasteiger partial charge in [0.2, 0.25) is 11.5 Å². The van der Waals surface area contributed by atoms with Gasteiger partial charge in [0.15, 0.2) is 12.3 Å². The fourth-order valence-corrected chi connectivity index (χ4v) is 4.54. The van der Waals surface area contributed by atoms with Crippen LogP contribution in [0.3, 0.4) is 0 Å². The third kappa shape index (κ3) is 11.7. The summed E-state index contributed by atoms with van der Waals surface area (Å²) >= 11 is 0. The molecule has 0 spiro atoms. The highest BCUT2D eigenvalue weighted by Gasteiger charge is 2.33. The van der Waals surface area contributed by atoms with Gasteiger partial charge in [-0.05, 0) is 43.5 Å². The Labute approximate surface area is 244 Å². The van der Waals surface area contributed by atoms with Gasteiger partial charge in [0.05, 0.1) is 11.3 Å². The molecule has 0 saturated carbocycles. The highest BCUT2D eigenvalue weighted by Crippen LogP contribution is 2.43. The molecular weight excluding hydrogens is 583 g/mol. The van der Waals surface area contributed by atoms with Gasteiger partial charge in [-0.1, -0.05) is 24.3 Å². The van der Waals surface area contributed by atoms with Crippen LogP contribution in [0.5, 0.6) is 5.75 Å². The molecule has 0 radical (unpaired) electrons. The van der Waals surface area contributed by atoms with E-state index in [1.54, 1.807) is 0 Å². The van der Waals surface area contributed by atoms with Gasteiger partial charge in [0.25, 0.3) is 5.52 Å². The number of halogens is 4. The van der Waals surface area contributed by atoms with Crippen molar-refractivity contribution in [3.63, 3.8) is 0 Å². The first-order valence-electron chi connectivity index (χ1n) is 12.7. The Morgan fingerprint density at radius 2 is 1.37 bits per heavy atom. The molecule has 0 atom stereocenters. The molecule has 20 heteroatoms. The number of allylic oxidation sites excluding steroid dienone is 3. The quantitative estimate of drug-likeness (QED) is 0.110. The summed E-state index contributed by atoms with van der Waals surface area (Å²) in [6.45, 7) is 2.04. The van der Waals surface area contributed by atoms with Gasteiger partial charge in [0.1, 0.15) is 0 Å². The summed E-state index contributed by atoms with van der Waals surface area (Å²) in [6.07, 6.45) is 6.69. The first-order chi connectivity index (χ1) is 20.3. The second-order valence-electron chi connectivity index (χ2n) is 8.68. The maximum absolute atomic E-state index is 10.1. The first kappa shape index (κ1) is 35.8. The predicted octanol–water partition coefficient (Wildman–Crippen LogP) is -0.129. The van der Waals surface area contributed by atoms with Gasteiger partial charge in [-0.2, -0.15) is 4.57 Å². The largest absolute Gasteiger partial charge is 0.828 e. The van der Waals surface area contributed by atoms with Crippen molar-refractivity contribution in [2.45, 2.75) is 32.2 Å². The summed E-state index contributed by atoms with van der Waals surface area (Å²) in [5.74, 6) is 2.97. The third-order valence-corrected chi connectivity index (χ3v) is 5.77. The molecule has 0 saturated heterocycles. The van der Waals surface area contributed by atoms with Crippen LogP contribution >= 0.6 is 0 Å². The maximum atomic E-state index is 10.1. The zero-order valence-electron chi connectivity index (χ0n) is 22.5. The number of rotatable bonds is 1. The van der Waals surface area contributed by atoms with Crippen LogP contribution in [0, 0.1) is 0 Å². The molecule has 0 fully saturated rings. The molecule has 4 heterocycles. The molecule has 0 unspecified atom stereocenters. The lowest BCUT2D eigenvalue weighted by molar-refractivity contribution is -0.682. The van der Waals surface area contributed by atoms with Crippen molar-refractivity contribution in [2.75, 3.05) is 11.4 Å². The molecule has 3 aliphatic heterocycles. The van der Waals surface area contributed by atoms with Gasteiger partial charge < -0.3 is 58.6 Å². The zero-order valence-corrected chi connectivity index (χ0v) is 22.5. The minimum atomic E-state index is -2.92. The second-order valence-corrected chi connectivity index (χ2v) is 8.68. The van der Waals surface area contributed by atoms with Crippen LogP contribution in [0.4, 0.5) is 23.0 Å². The molecule has 7 N–H and O–H groups in total. The number of oxazole rings is 1. The number of para-hydroxylation sites is 4. The summed E-state index contributed by atoms with van der Waals surface area (Å²) in [4.78, 5) is 2.32. The number of hydrogen-bond acceptors (Lipinski definition) is 11. The van der Waals surface area contributed by atoms with Crippen LogP contribution in [0.2, 0.25) is 0 Å². The van der Waals surface area contributed by atoms with Crippen LogP contribution < -0.4 is 19.2 Å². The van der Waals surface area contributed by atoms with E-state index in [-0.39, 0.29) is 0 Å². The standard InChI is InChI=1S/C23H21N2O2.3BFH2O2.BFHO2/c1-3-11-20-18(9-1)24-13-5-7-16(22(24)26-20)15-17-8-6-14-25-19-10-2-4-12-21(19)27-23(17)25;4*2-1(3)4/h1-4,9-12,15H,5-8,13-14H2;3*3-4H;3H/q+1;;;;-1. The van der Waals surface area contributed by atoms with Crippen LogP contribution in [0.15, 0.2) is 70.5 Å². The summed E-state index contributed by atoms with van der Waals surface area (Å²) in [5.41, 5.74) is 5.89. The minimum Gasteiger partial charge on any atom is -0.828 e. The molecule has 230 valence electrons. The molecule has 0 bridgehead atoms. The maximum Gasteiger partial charge on any atom is 0.674 e. The number of ether oxygens (including phenoxy) is 1. The van der Waals surface area contributed by atoms with Crippen molar-refractivity contribution in [1.29, 1.82) is 0 Å². The number of aryl methyl sites for hydroxylation is 1. The van der Waals surface area contributed by atoms with E-state index in [4.69, 9.17) is 49.3 Å². The van der Waals surface area contributed by atoms with Crippen LogP contribution in [-0.4, -0.2) is 71.3 Å². The number of nitrogens with zero attached hydrogens (tertiary/aromatic N) is 2. The molecule has 2 aromatic carbocycles. The molecule has 3 aromatic rings. The zero-order chi connectivity index (χ0) is 32.1. The van der Waals surface area contributed by atoms with E-state index in [2.05, 4.69) is 51.9 Å². The van der Waals surface area contributed by atoms with E-state index in [0.717, 1.165) is 61.9 Å². The highest BCUT2D eigenvalue weighted by molar-refractivity contribution is 6.32. The van der Waals surface area contributed by atoms with Gasteiger partial charge in [-0.25, -0.2) is 0 Å². The Morgan fingerprint density at radius 3 is 2.00 bits per heavy atom. The second kappa shape index (κ2) is 17.7. The van der Waals surface area contributed by atoms with E-state index in [1.165, 1.54) is 22.4 Å². The van der Waals surface area contributed by atoms with Gasteiger partial charge in [-0.15, -0.1) is 0 Å². The average Bonchev–Trinajstić information content (AvgIpc) is 3.47. The smallest absolute Gasteiger partial charge is 0.674 e. The molecule has 0 amide bonds. The monoisotopic (exact) mass is 612 g/mol. The summed E-state index contributed by atoms with van der Waals surface area (Å²) in [5, 5.41) is 56.9. The number of benzene rings is 2. The fraction of sp³-hybridized carbons (Fsp3) is 0.261. The average molecular weight is 612 g/mol. The van der Waals surface area contributed by atoms with Crippen molar-refractivity contribution in [1.82, 2.24) is 0 Å². The number of anilines is 1. The minimum absolute atomic E-state index is 0.966. The lowest BCUT2D eigenvalue weighted by Crippen LogP contribution is -2.39. The molecule has 12 nitrogen and oxygen atoms in total. The van der Waals surface area contributed by atoms with Crippen molar-refractivity contribution in [3.05, 3.63) is 72.0 Å². The molecule has 6 rings (SSSR count). The van der Waals surface area contributed by atoms with E-state index in [0.29, 0.717) is 0 Å². The van der Waals surface area contributed by atoms with Crippen LogP contribution in [-0.2, 0) is 6.54 Å².